The van der Waals surface area contributed by atoms with Gasteiger partial charge in [-0.3, -0.25) is 0 Å². The molecule has 0 bridgehead atoms. The molecule has 0 saturated heterocycles. The van der Waals surface area contributed by atoms with Crippen LogP contribution in [0.1, 0.15) is 87.5 Å². The topological polar surface area (TPSA) is 0 Å². The molecular weight excluding hydrogens is 240 g/mol. The molecule has 0 amide bonds. The Morgan fingerprint density at radius 3 is 1.85 bits per heavy atom. The van der Waals surface area contributed by atoms with Gasteiger partial charge in [-0.15, -0.1) is 0 Å². The molecule has 0 aliphatic heterocycles. The van der Waals surface area contributed by atoms with Gasteiger partial charge in [0.25, 0.3) is 0 Å². The van der Waals surface area contributed by atoms with Crippen LogP contribution in [0, 0.1) is 29.1 Å². The van der Waals surface area contributed by atoms with E-state index < -0.39 is 0 Å². The molecule has 5 atom stereocenters. The summed E-state index contributed by atoms with van der Waals surface area (Å²) in [6, 6.07) is 0. The highest BCUT2D eigenvalue weighted by atomic mass is 14.4. The molecule has 0 aliphatic rings. The van der Waals surface area contributed by atoms with Crippen molar-refractivity contribution in [3.8, 4) is 0 Å². The molecule has 0 fully saturated rings. The molecule has 5 unspecified atom stereocenters. The zero-order valence-electron chi connectivity index (χ0n) is 15.6. The van der Waals surface area contributed by atoms with E-state index in [9.17, 15) is 0 Å². The van der Waals surface area contributed by atoms with Gasteiger partial charge >= 0.3 is 0 Å². The van der Waals surface area contributed by atoms with E-state index in [2.05, 4.69) is 62.0 Å². The van der Waals surface area contributed by atoms with Gasteiger partial charge in [0.15, 0.2) is 0 Å². The maximum absolute atomic E-state index is 4.58. The Labute approximate surface area is 129 Å². The highest BCUT2D eigenvalue weighted by molar-refractivity contribution is 5.14. The van der Waals surface area contributed by atoms with E-state index in [1.807, 2.05) is 0 Å². The van der Waals surface area contributed by atoms with Gasteiger partial charge in [0.2, 0.25) is 0 Å². The van der Waals surface area contributed by atoms with Crippen LogP contribution in [0.2, 0.25) is 0 Å². The van der Waals surface area contributed by atoms with Crippen molar-refractivity contribution < 1.29 is 0 Å². The first-order valence-corrected chi connectivity index (χ1v) is 8.98. The second kappa shape index (κ2) is 8.90. The van der Waals surface area contributed by atoms with E-state index in [0.717, 1.165) is 17.8 Å². The molecule has 0 aromatic rings. The lowest BCUT2D eigenvalue weighted by Crippen LogP contribution is -2.31. The lowest BCUT2D eigenvalue weighted by atomic mass is 9.65. The van der Waals surface area contributed by atoms with Crippen molar-refractivity contribution in [2.75, 3.05) is 0 Å². The van der Waals surface area contributed by atoms with Crippen molar-refractivity contribution in [1.29, 1.82) is 0 Å². The average molecular weight is 281 g/mol. The standard InChI is InChI=1S/C20H40/c1-10-14-20(9,13-4)18(8)19(12-3)17(7)16(6)15(5)11-2/h15-17,19H,8,10-14H2,1-7,9H3. The molecule has 0 aromatic heterocycles. The summed E-state index contributed by atoms with van der Waals surface area (Å²) in [6.07, 6.45) is 6.29. The molecule has 0 radical (unpaired) electrons. The maximum Gasteiger partial charge on any atom is -0.0119 e. The van der Waals surface area contributed by atoms with Crippen molar-refractivity contribution in [3.05, 3.63) is 12.2 Å². The predicted molar refractivity (Wildman–Crippen MR) is 94.0 cm³/mol. The van der Waals surface area contributed by atoms with Crippen LogP contribution in [0.5, 0.6) is 0 Å². The van der Waals surface area contributed by atoms with Crippen molar-refractivity contribution >= 4 is 0 Å². The second-order valence-corrected chi connectivity index (χ2v) is 7.31. The first-order chi connectivity index (χ1) is 9.28. The zero-order valence-corrected chi connectivity index (χ0v) is 15.6. The minimum atomic E-state index is 0.332. The summed E-state index contributed by atoms with van der Waals surface area (Å²) >= 11 is 0. The first kappa shape index (κ1) is 19.7. The van der Waals surface area contributed by atoms with Crippen LogP contribution in [-0.2, 0) is 0 Å². The molecule has 0 rings (SSSR count). The third kappa shape index (κ3) is 4.64. The molecule has 0 aliphatic carbocycles. The summed E-state index contributed by atoms with van der Waals surface area (Å²) in [4.78, 5) is 0. The molecule has 0 aromatic carbocycles. The Balaban J connectivity index is 5.11. The second-order valence-electron chi connectivity index (χ2n) is 7.31. The fourth-order valence-corrected chi connectivity index (χ4v) is 3.76. The smallest absolute Gasteiger partial charge is 0.0119 e. The molecule has 0 spiro atoms. The Hall–Kier alpha value is -0.260. The minimum absolute atomic E-state index is 0.332. The van der Waals surface area contributed by atoms with Crippen LogP contribution in [0.4, 0.5) is 0 Å². The summed E-state index contributed by atoms with van der Waals surface area (Å²) < 4.78 is 0. The van der Waals surface area contributed by atoms with E-state index in [-0.39, 0.29) is 0 Å². The molecule has 120 valence electrons. The summed E-state index contributed by atoms with van der Waals surface area (Å²) in [5.74, 6) is 3.01. The number of hydrogen-bond acceptors (Lipinski definition) is 0. The fourth-order valence-electron chi connectivity index (χ4n) is 3.76. The zero-order chi connectivity index (χ0) is 15.9. The average Bonchev–Trinajstić information content (AvgIpc) is 2.45. The monoisotopic (exact) mass is 280 g/mol. The van der Waals surface area contributed by atoms with Gasteiger partial charge < -0.3 is 0 Å². The normalized spacial score (nSPS) is 20.8. The molecule has 0 saturated carbocycles. The SMILES string of the molecule is C=C(C(CC)C(C)C(C)C(C)CC)C(C)(CC)CCC. The van der Waals surface area contributed by atoms with Crippen molar-refractivity contribution in [1.82, 2.24) is 0 Å². The van der Waals surface area contributed by atoms with Crippen LogP contribution < -0.4 is 0 Å². The summed E-state index contributed by atoms with van der Waals surface area (Å²) in [7, 11) is 0. The molecule has 0 heteroatoms. The van der Waals surface area contributed by atoms with Crippen LogP contribution in [0.15, 0.2) is 12.2 Å². The van der Waals surface area contributed by atoms with E-state index >= 15 is 0 Å². The van der Waals surface area contributed by atoms with Gasteiger partial charge in [-0.2, -0.15) is 0 Å². The van der Waals surface area contributed by atoms with Crippen molar-refractivity contribution in [2.24, 2.45) is 29.1 Å². The lowest BCUT2D eigenvalue weighted by molar-refractivity contribution is 0.185. The lowest BCUT2D eigenvalue weighted by Gasteiger charge is -2.40. The third-order valence-corrected chi connectivity index (χ3v) is 6.25. The fraction of sp³-hybridized carbons (Fsp3) is 0.900. The van der Waals surface area contributed by atoms with E-state index in [1.165, 1.54) is 37.7 Å². The number of allylic oxidation sites excluding steroid dienone is 1. The summed E-state index contributed by atoms with van der Waals surface area (Å²) in [5, 5.41) is 0. The van der Waals surface area contributed by atoms with Gasteiger partial charge in [-0.05, 0) is 48.3 Å². The van der Waals surface area contributed by atoms with Gasteiger partial charge in [-0.25, -0.2) is 0 Å². The van der Waals surface area contributed by atoms with E-state index in [1.54, 1.807) is 0 Å². The van der Waals surface area contributed by atoms with Crippen LogP contribution >= 0.6 is 0 Å². The number of rotatable bonds is 10. The van der Waals surface area contributed by atoms with Crippen LogP contribution in [0.3, 0.4) is 0 Å². The molecule has 0 nitrogen and oxygen atoms in total. The van der Waals surface area contributed by atoms with Crippen LogP contribution in [-0.4, -0.2) is 0 Å². The van der Waals surface area contributed by atoms with E-state index in [4.69, 9.17) is 0 Å². The highest BCUT2D eigenvalue weighted by Crippen LogP contribution is 2.44. The number of hydrogen-bond donors (Lipinski definition) is 0. The summed E-state index contributed by atoms with van der Waals surface area (Å²) in [6.45, 7) is 23.6. The Bertz CT molecular complexity index is 278. The minimum Gasteiger partial charge on any atom is -0.0990 e. The molecular formula is C20H40. The molecule has 0 heterocycles. The van der Waals surface area contributed by atoms with Crippen molar-refractivity contribution in [3.63, 3.8) is 0 Å². The van der Waals surface area contributed by atoms with Gasteiger partial charge in [-0.1, -0.05) is 80.4 Å². The van der Waals surface area contributed by atoms with Gasteiger partial charge in [0.05, 0.1) is 0 Å². The Morgan fingerprint density at radius 2 is 1.50 bits per heavy atom. The quantitative estimate of drug-likeness (QED) is 0.374. The molecule has 0 N–H and O–H groups in total. The van der Waals surface area contributed by atoms with E-state index in [0.29, 0.717) is 11.3 Å². The highest BCUT2D eigenvalue weighted by Gasteiger charge is 2.34. The first-order valence-electron chi connectivity index (χ1n) is 8.98. The predicted octanol–water partition coefficient (Wildman–Crippen LogP) is 7.10. The van der Waals surface area contributed by atoms with Gasteiger partial charge in [0, 0.05) is 0 Å². The Morgan fingerprint density at radius 1 is 0.950 bits per heavy atom. The molecule has 20 heavy (non-hydrogen) atoms. The van der Waals surface area contributed by atoms with Crippen molar-refractivity contribution in [2.45, 2.75) is 87.5 Å². The maximum atomic E-state index is 4.58. The Kier molecular flexibility index (Phi) is 8.79. The largest absolute Gasteiger partial charge is 0.0990 e. The van der Waals surface area contributed by atoms with Crippen LogP contribution in [0.25, 0.3) is 0 Å². The summed E-state index contributed by atoms with van der Waals surface area (Å²) in [5.41, 5.74) is 1.85. The van der Waals surface area contributed by atoms with Gasteiger partial charge in [0.1, 0.15) is 0 Å². The third-order valence-electron chi connectivity index (χ3n) is 6.25.